The van der Waals surface area contributed by atoms with Crippen LogP contribution in [0.15, 0.2) is 67.1 Å². The van der Waals surface area contributed by atoms with Crippen LogP contribution in [0.5, 0.6) is 0 Å². The molecule has 8 heterocycles. The lowest BCUT2D eigenvalue weighted by atomic mass is 9.87. The van der Waals surface area contributed by atoms with Crippen LogP contribution in [0.2, 0.25) is 0 Å². The number of aromatic nitrogens is 7. The number of pyridine rings is 2. The van der Waals surface area contributed by atoms with Gasteiger partial charge >= 0.3 is 6.09 Å². The highest BCUT2D eigenvalue weighted by Crippen LogP contribution is 2.36. The predicted octanol–water partition coefficient (Wildman–Crippen LogP) is 5.73. The molecule has 2 bridgehead atoms. The number of anilines is 3. The van der Waals surface area contributed by atoms with Crippen molar-refractivity contribution in [3.05, 3.63) is 84.1 Å². The van der Waals surface area contributed by atoms with Crippen LogP contribution in [0, 0.1) is 13.8 Å². The average molecular weight is 619 g/mol. The number of aromatic amines is 1. The number of piperidine rings is 1. The number of fused-ring (bicyclic) bond motifs is 2. The second-order valence-electron chi connectivity index (χ2n) is 13.1. The lowest BCUT2D eigenvalue weighted by Gasteiger charge is -2.56. The van der Waals surface area contributed by atoms with E-state index in [4.69, 9.17) is 19.7 Å². The summed E-state index contributed by atoms with van der Waals surface area (Å²) in [6.07, 6.45) is 6.26. The molecule has 0 radical (unpaired) electrons. The second kappa shape index (κ2) is 11.7. The minimum absolute atomic E-state index is 0.410. The SMILES string of the molecule is Cc1cc(Nc2cc(C)[nH]n2)nc(-c2ccc(N3CC4CC(C3)N4Cc3ccc(-c4cccn4C(=O)OC(C)(C)C)nc3)nc2)n1. The third-order valence-electron chi connectivity index (χ3n) is 8.28. The smallest absolute Gasteiger partial charge is 0.419 e. The molecule has 5 aromatic heterocycles. The van der Waals surface area contributed by atoms with Crippen molar-refractivity contribution >= 4 is 23.5 Å². The number of ether oxygens (including phenoxy) is 1. The lowest BCUT2D eigenvalue weighted by Crippen LogP contribution is -2.68. The van der Waals surface area contributed by atoms with Gasteiger partial charge in [0.25, 0.3) is 0 Å². The van der Waals surface area contributed by atoms with Crippen LogP contribution in [-0.2, 0) is 11.3 Å². The van der Waals surface area contributed by atoms with Gasteiger partial charge in [0.1, 0.15) is 17.2 Å². The van der Waals surface area contributed by atoms with Crippen molar-refractivity contribution in [2.45, 2.75) is 65.3 Å². The van der Waals surface area contributed by atoms with E-state index in [0.717, 1.165) is 53.7 Å². The van der Waals surface area contributed by atoms with Gasteiger partial charge in [-0.2, -0.15) is 5.10 Å². The van der Waals surface area contributed by atoms with Gasteiger partial charge in [0, 0.05) is 79.4 Å². The highest BCUT2D eigenvalue weighted by Gasteiger charge is 2.44. The Bertz CT molecular complexity index is 1840. The molecule has 0 saturated carbocycles. The molecule has 2 N–H and O–H groups in total. The molecule has 0 aliphatic carbocycles. The molecule has 12 nitrogen and oxygen atoms in total. The Kier molecular flexibility index (Phi) is 7.52. The number of piperazine rings is 1. The van der Waals surface area contributed by atoms with Crippen molar-refractivity contribution in [3.8, 4) is 22.8 Å². The van der Waals surface area contributed by atoms with Crippen LogP contribution in [0.3, 0.4) is 0 Å². The summed E-state index contributed by atoms with van der Waals surface area (Å²) in [5.41, 5.74) is 4.74. The number of nitrogens with zero attached hydrogens (tertiary/aromatic N) is 8. The molecule has 3 aliphatic heterocycles. The Morgan fingerprint density at radius 1 is 1.00 bits per heavy atom. The van der Waals surface area contributed by atoms with Gasteiger partial charge in [0.2, 0.25) is 0 Å². The molecule has 46 heavy (non-hydrogen) atoms. The van der Waals surface area contributed by atoms with E-state index >= 15 is 0 Å². The van der Waals surface area contributed by atoms with Crippen LogP contribution in [0.1, 0.15) is 44.1 Å². The fraction of sp³-hybridized carbons (Fsp3) is 0.353. The third kappa shape index (κ3) is 6.20. The summed E-state index contributed by atoms with van der Waals surface area (Å²) in [4.78, 5) is 36.4. The average Bonchev–Trinajstić information content (AvgIpc) is 3.68. The predicted molar refractivity (Wildman–Crippen MR) is 176 cm³/mol. The number of rotatable bonds is 7. The third-order valence-corrected chi connectivity index (χ3v) is 8.28. The number of hydrogen-bond acceptors (Lipinski definition) is 10. The normalized spacial score (nSPS) is 17.9. The summed E-state index contributed by atoms with van der Waals surface area (Å²) in [6, 6.07) is 16.7. The summed E-state index contributed by atoms with van der Waals surface area (Å²) in [7, 11) is 0. The molecule has 3 saturated heterocycles. The monoisotopic (exact) mass is 618 g/mol. The van der Waals surface area contributed by atoms with Crippen LogP contribution in [0.25, 0.3) is 22.8 Å². The molecular weight excluding hydrogens is 580 g/mol. The number of H-pyrrole nitrogens is 1. The number of aryl methyl sites for hydroxylation is 2. The van der Waals surface area contributed by atoms with Crippen molar-refractivity contribution in [2.75, 3.05) is 23.3 Å². The number of hydrogen-bond donors (Lipinski definition) is 2. The lowest BCUT2D eigenvalue weighted by molar-refractivity contribution is -0.00875. The first-order chi connectivity index (χ1) is 22.1. The molecule has 236 valence electrons. The summed E-state index contributed by atoms with van der Waals surface area (Å²) >= 11 is 0. The van der Waals surface area contributed by atoms with Gasteiger partial charge in [-0.15, -0.1) is 0 Å². The molecule has 8 rings (SSSR count). The molecule has 3 fully saturated rings. The second-order valence-corrected chi connectivity index (χ2v) is 13.1. The molecule has 0 amide bonds. The van der Waals surface area contributed by atoms with Crippen LogP contribution in [-0.4, -0.2) is 76.5 Å². The van der Waals surface area contributed by atoms with Crippen LogP contribution in [0.4, 0.5) is 22.2 Å². The van der Waals surface area contributed by atoms with Crippen molar-refractivity contribution in [1.29, 1.82) is 0 Å². The van der Waals surface area contributed by atoms with E-state index in [1.54, 1.807) is 6.20 Å². The highest BCUT2D eigenvalue weighted by atomic mass is 16.6. The Hall–Kier alpha value is -5.10. The maximum Gasteiger partial charge on any atom is 0.419 e. The molecule has 12 heteroatoms. The molecule has 2 unspecified atom stereocenters. The molecule has 5 aromatic rings. The standard InChI is InChI=1S/C34H38N10O2/c1-21-13-29(38-30-14-22(2)40-41-30)39-32(37-21)24-9-11-31(36-17-24)42-19-25-15-26(20-42)44(25)18-23-8-10-27(35-16-23)28-7-6-12-43(28)33(45)46-34(3,4)5/h6-14,16-17,25-26H,15,18-20H2,1-5H3,(H2,37,38,39,40,41). The maximum atomic E-state index is 12.7. The van der Waals surface area contributed by atoms with Gasteiger partial charge in [-0.05, 0) is 76.9 Å². The first-order valence-corrected chi connectivity index (χ1v) is 15.6. The number of carbonyl (C=O) groups excluding carboxylic acids is 1. The van der Waals surface area contributed by atoms with Crippen LogP contribution < -0.4 is 10.2 Å². The summed E-state index contributed by atoms with van der Waals surface area (Å²) in [5, 5.41) is 10.4. The van der Waals surface area contributed by atoms with E-state index in [0.29, 0.717) is 35.2 Å². The van der Waals surface area contributed by atoms with E-state index in [1.165, 1.54) is 11.0 Å². The zero-order chi connectivity index (χ0) is 32.0. The zero-order valence-electron chi connectivity index (χ0n) is 26.7. The van der Waals surface area contributed by atoms with Crippen molar-refractivity contribution < 1.29 is 9.53 Å². The quantitative estimate of drug-likeness (QED) is 0.233. The van der Waals surface area contributed by atoms with E-state index in [9.17, 15) is 4.79 Å². The Labute approximate surface area is 267 Å². The van der Waals surface area contributed by atoms with E-state index < -0.39 is 11.7 Å². The van der Waals surface area contributed by atoms with Crippen molar-refractivity contribution in [2.24, 2.45) is 0 Å². The van der Waals surface area contributed by atoms with Gasteiger partial charge < -0.3 is 15.0 Å². The van der Waals surface area contributed by atoms with E-state index in [-0.39, 0.29) is 0 Å². The van der Waals surface area contributed by atoms with Crippen LogP contribution >= 0.6 is 0 Å². The minimum atomic E-state index is -0.570. The number of nitrogens with one attached hydrogen (secondary N) is 2. The summed E-state index contributed by atoms with van der Waals surface area (Å²) in [6.45, 7) is 12.2. The Morgan fingerprint density at radius 3 is 2.50 bits per heavy atom. The highest BCUT2D eigenvalue weighted by molar-refractivity contribution is 5.77. The minimum Gasteiger partial charge on any atom is -0.443 e. The summed E-state index contributed by atoms with van der Waals surface area (Å²) < 4.78 is 7.06. The van der Waals surface area contributed by atoms with Crippen molar-refractivity contribution in [3.63, 3.8) is 0 Å². The first-order valence-electron chi connectivity index (χ1n) is 15.6. The first kappa shape index (κ1) is 29.6. The van der Waals surface area contributed by atoms with Crippen molar-refractivity contribution in [1.82, 2.24) is 39.6 Å². The van der Waals surface area contributed by atoms with Gasteiger partial charge in [-0.25, -0.2) is 19.7 Å². The molecule has 2 atom stereocenters. The molecule has 0 spiro atoms. The Morgan fingerprint density at radius 2 is 1.83 bits per heavy atom. The Balaban J connectivity index is 0.970. The summed E-state index contributed by atoms with van der Waals surface area (Å²) in [5.74, 6) is 3.00. The fourth-order valence-corrected chi connectivity index (χ4v) is 6.15. The van der Waals surface area contributed by atoms with Gasteiger partial charge in [0.15, 0.2) is 11.6 Å². The molecular formula is C34H38N10O2. The topological polar surface area (TPSA) is 130 Å². The largest absolute Gasteiger partial charge is 0.443 e. The van der Waals surface area contributed by atoms with E-state index in [2.05, 4.69) is 42.4 Å². The molecule has 3 aliphatic rings. The van der Waals surface area contributed by atoms with Gasteiger partial charge in [-0.3, -0.25) is 19.5 Å². The van der Waals surface area contributed by atoms with Gasteiger partial charge in [0.05, 0.1) is 11.4 Å². The zero-order valence-corrected chi connectivity index (χ0v) is 26.7. The maximum absolute atomic E-state index is 12.7. The fourth-order valence-electron chi connectivity index (χ4n) is 6.15. The molecule has 0 aromatic carbocycles. The number of carbonyl (C=O) groups is 1. The van der Waals surface area contributed by atoms with Gasteiger partial charge in [-0.1, -0.05) is 6.07 Å². The van der Waals surface area contributed by atoms with E-state index in [1.807, 2.05) is 83.4 Å².